The average Bonchev–Trinajstić information content (AvgIpc) is 2.39. The summed E-state index contributed by atoms with van der Waals surface area (Å²) in [5.41, 5.74) is 0. The van der Waals surface area contributed by atoms with Gasteiger partial charge >= 0.3 is 8.56 Å². The highest BCUT2D eigenvalue weighted by atomic mass is 28.4. The van der Waals surface area contributed by atoms with Gasteiger partial charge in [-0.05, 0) is 17.9 Å². The van der Waals surface area contributed by atoms with E-state index in [0.29, 0.717) is 11.8 Å². The minimum Gasteiger partial charge on any atom is -0.397 e. The van der Waals surface area contributed by atoms with Gasteiger partial charge in [-0.2, -0.15) is 0 Å². The Morgan fingerprint density at radius 2 is 1.50 bits per heavy atom. The molecule has 2 nitrogen and oxygen atoms in total. The van der Waals surface area contributed by atoms with E-state index in [1.54, 1.807) is 0 Å². The molecule has 20 heavy (non-hydrogen) atoms. The summed E-state index contributed by atoms with van der Waals surface area (Å²) in [7, 11) is 1.56. The molecule has 0 aliphatic carbocycles. The van der Waals surface area contributed by atoms with Gasteiger partial charge in [0.05, 0.1) is 0 Å². The Morgan fingerprint density at radius 3 is 1.85 bits per heavy atom. The van der Waals surface area contributed by atoms with Gasteiger partial charge in [-0.3, -0.25) is 0 Å². The summed E-state index contributed by atoms with van der Waals surface area (Å²) >= 11 is 0. The lowest BCUT2D eigenvalue weighted by molar-refractivity contribution is 0.161. The molecule has 0 aliphatic heterocycles. The third-order valence-corrected chi connectivity index (χ3v) is 9.84. The van der Waals surface area contributed by atoms with E-state index in [0.717, 1.165) is 6.04 Å². The van der Waals surface area contributed by atoms with Crippen LogP contribution in [0.15, 0.2) is 0 Å². The molecule has 0 N–H and O–H groups in total. The van der Waals surface area contributed by atoms with Crippen molar-refractivity contribution in [2.45, 2.75) is 84.7 Å². The molecule has 0 fully saturated rings. The zero-order valence-electron chi connectivity index (χ0n) is 15.2. The third kappa shape index (κ3) is 4.57. The molecule has 0 amide bonds. The standard InChI is InChI=1S/C17H38O2Si/c1-9-11-12-13-14-20(18-7,19-8)17(5,6)16(10-2)15(3)4/h15-16H,9-14H2,1-8H3. The number of hydrogen-bond acceptors (Lipinski definition) is 2. The van der Waals surface area contributed by atoms with Crippen LogP contribution in [0.3, 0.4) is 0 Å². The van der Waals surface area contributed by atoms with Crippen molar-refractivity contribution >= 4 is 8.56 Å². The summed E-state index contributed by atoms with van der Waals surface area (Å²) in [5.74, 6) is 1.32. The van der Waals surface area contributed by atoms with E-state index in [-0.39, 0.29) is 5.04 Å². The summed E-state index contributed by atoms with van der Waals surface area (Å²) in [6, 6.07) is 1.12. The maximum absolute atomic E-state index is 6.08. The van der Waals surface area contributed by atoms with Crippen LogP contribution in [-0.2, 0) is 8.85 Å². The zero-order valence-corrected chi connectivity index (χ0v) is 16.2. The lowest BCUT2D eigenvalue weighted by atomic mass is 9.83. The summed E-state index contributed by atoms with van der Waals surface area (Å²) in [5, 5.41) is 0.144. The first kappa shape index (κ1) is 20.1. The van der Waals surface area contributed by atoms with Crippen LogP contribution in [0.25, 0.3) is 0 Å². The van der Waals surface area contributed by atoms with Crippen LogP contribution in [0.2, 0.25) is 11.1 Å². The minimum absolute atomic E-state index is 0.144. The molecular weight excluding hydrogens is 264 g/mol. The molecule has 0 saturated carbocycles. The molecule has 0 rings (SSSR count). The lowest BCUT2D eigenvalue weighted by Gasteiger charge is -2.47. The Bertz CT molecular complexity index is 247. The summed E-state index contributed by atoms with van der Waals surface area (Å²) < 4.78 is 12.2. The highest BCUT2D eigenvalue weighted by Gasteiger charge is 2.54. The van der Waals surface area contributed by atoms with Gasteiger partial charge in [0.25, 0.3) is 0 Å². The van der Waals surface area contributed by atoms with Crippen molar-refractivity contribution in [1.82, 2.24) is 0 Å². The van der Waals surface area contributed by atoms with Crippen LogP contribution in [0, 0.1) is 11.8 Å². The van der Waals surface area contributed by atoms with Crippen molar-refractivity contribution in [2.24, 2.45) is 11.8 Å². The summed E-state index contributed by atoms with van der Waals surface area (Å²) in [6.07, 6.45) is 6.33. The van der Waals surface area contributed by atoms with E-state index < -0.39 is 8.56 Å². The molecule has 0 saturated heterocycles. The van der Waals surface area contributed by atoms with Crippen molar-refractivity contribution in [3.63, 3.8) is 0 Å². The van der Waals surface area contributed by atoms with Gasteiger partial charge in [-0.1, -0.05) is 73.6 Å². The van der Waals surface area contributed by atoms with Crippen LogP contribution in [0.4, 0.5) is 0 Å². The monoisotopic (exact) mass is 302 g/mol. The highest BCUT2D eigenvalue weighted by molar-refractivity contribution is 6.70. The van der Waals surface area contributed by atoms with Gasteiger partial charge in [-0.25, -0.2) is 0 Å². The van der Waals surface area contributed by atoms with Crippen molar-refractivity contribution < 1.29 is 8.85 Å². The molecule has 0 aliphatic rings. The third-order valence-electron chi connectivity index (χ3n) is 5.17. The first-order valence-electron chi connectivity index (χ1n) is 8.43. The quantitative estimate of drug-likeness (QED) is 0.356. The fourth-order valence-corrected chi connectivity index (χ4v) is 8.11. The highest BCUT2D eigenvalue weighted by Crippen LogP contribution is 2.51. The molecule has 0 bridgehead atoms. The van der Waals surface area contributed by atoms with Gasteiger partial charge < -0.3 is 8.85 Å². The van der Waals surface area contributed by atoms with Crippen molar-refractivity contribution in [3.8, 4) is 0 Å². The normalized spacial score (nSPS) is 14.8. The van der Waals surface area contributed by atoms with Crippen molar-refractivity contribution in [1.29, 1.82) is 0 Å². The first-order valence-corrected chi connectivity index (χ1v) is 10.5. The number of unbranched alkanes of at least 4 members (excludes halogenated alkanes) is 3. The number of hydrogen-bond donors (Lipinski definition) is 0. The maximum Gasteiger partial charge on any atom is 0.343 e. The Kier molecular flexibility index (Phi) is 9.28. The van der Waals surface area contributed by atoms with E-state index in [9.17, 15) is 0 Å². The van der Waals surface area contributed by atoms with Gasteiger partial charge in [-0.15, -0.1) is 0 Å². The Morgan fingerprint density at radius 1 is 0.950 bits per heavy atom. The molecule has 122 valence electrons. The van der Waals surface area contributed by atoms with Crippen LogP contribution in [0.1, 0.15) is 73.6 Å². The van der Waals surface area contributed by atoms with Crippen LogP contribution in [0.5, 0.6) is 0 Å². The smallest absolute Gasteiger partial charge is 0.343 e. The lowest BCUT2D eigenvalue weighted by Crippen LogP contribution is -2.53. The topological polar surface area (TPSA) is 18.5 Å². The molecule has 1 atom stereocenters. The number of rotatable bonds is 11. The van der Waals surface area contributed by atoms with E-state index in [1.807, 2.05) is 14.2 Å². The van der Waals surface area contributed by atoms with Crippen LogP contribution < -0.4 is 0 Å². The Hall–Kier alpha value is 0.137. The predicted octanol–water partition coefficient (Wildman–Crippen LogP) is 5.76. The van der Waals surface area contributed by atoms with Gasteiger partial charge in [0.15, 0.2) is 0 Å². The second kappa shape index (κ2) is 9.21. The summed E-state index contributed by atoms with van der Waals surface area (Å²) in [6.45, 7) is 14.0. The molecule has 0 aromatic rings. The van der Waals surface area contributed by atoms with E-state index in [1.165, 1.54) is 32.1 Å². The molecule has 0 aromatic carbocycles. The van der Waals surface area contributed by atoms with E-state index >= 15 is 0 Å². The maximum atomic E-state index is 6.08. The van der Waals surface area contributed by atoms with E-state index in [4.69, 9.17) is 8.85 Å². The Labute approximate surface area is 128 Å². The molecule has 0 aromatic heterocycles. The molecule has 0 radical (unpaired) electrons. The second-order valence-electron chi connectivity index (χ2n) is 6.95. The fourth-order valence-electron chi connectivity index (χ4n) is 4.02. The van der Waals surface area contributed by atoms with Gasteiger partial charge in [0, 0.05) is 19.3 Å². The van der Waals surface area contributed by atoms with Gasteiger partial charge in [0.1, 0.15) is 0 Å². The fraction of sp³-hybridized carbons (Fsp3) is 1.00. The second-order valence-corrected chi connectivity index (χ2v) is 11.1. The average molecular weight is 303 g/mol. The zero-order chi connectivity index (χ0) is 15.8. The van der Waals surface area contributed by atoms with Crippen LogP contribution >= 0.6 is 0 Å². The summed E-state index contributed by atoms with van der Waals surface area (Å²) in [4.78, 5) is 0. The largest absolute Gasteiger partial charge is 0.397 e. The Balaban J connectivity index is 5.09. The predicted molar refractivity (Wildman–Crippen MR) is 91.4 cm³/mol. The molecule has 1 unspecified atom stereocenters. The van der Waals surface area contributed by atoms with E-state index in [2.05, 4.69) is 41.5 Å². The minimum atomic E-state index is -2.17. The first-order chi connectivity index (χ1) is 9.32. The molecule has 0 heterocycles. The van der Waals surface area contributed by atoms with Gasteiger partial charge in [0.2, 0.25) is 0 Å². The molecule has 3 heteroatoms. The van der Waals surface area contributed by atoms with Crippen molar-refractivity contribution in [3.05, 3.63) is 0 Å². The molecule has 0 spiro atoms. The van der Waals surface area contributed by atoms with Crippen LogP contribution in [-0.4, -0.2) is 22.8 Å². The molecular formula is C17H38O2Si. The SMILES string of the molecule is CCCCCC[Si](OC)(OC)C(C)(C)C(CC)C(C)C. The van der Waals surface area contributed by atoms with Crippen molar-refractivity contribution in [2.75, 3.05) is 14.2 Å².